The quantitative estimate of drug-likeness (QED) is 0.567. The molecule has 0 spiro atoms. The average Bonchev–Trinajstić information content (AvgIpc) is 2.71. The van der Waals surface area contributed by atoms with E-state index in [1.807, 2.05) is 18.2 Å². The monoisotopic (exact) mass is 368 g/mol. The lowest BCUT2D eigenvalue weighted by atomic mass is 10.1. The van der Waals surface area contributed by atoms with E-state index in [4.69, 9.17) is 14.2 Å². The van der Waals surface area contributed by atoms with E-state index in [0.29, 0.717) is 29.9 Å². The molecule has 0 aliphatic rings. The SMILES string of the molecule is CCCCOCc1cc(OC)ccc1-n1cnc2ccc(OC)cc2c1=O. The molecule has 0 N–H and O–H groups in total. The lowest BCUT2D eigenvalue weighted by Gasteiger charge is -2.14. The summed E-state index contributed by atoms with van der Waals surface area (Å²) in [5, 5.41) is 0.505. The number of benzene rings is 2. The number of nitrogens with zero attached hydrogens (tertiary/aromatic N) is 2. The third-order valence-electron chi connectivity index (χ3n) is 4.41. The fourth-order valence-electron chi connectivity index (χ4n) is 2.87. The van der Waals surface area contributed by atoms with Crippen molar-refractivity contribution in [3.8, 4) is 17.2 Å². The molecule has 0 aliphatic carbocycles. The van der Waals surface area contributed by atoms with Gasteiger partial charge < -0.3 is 14.2 Å². The maximum atomic E-state index is 13.1. The Balaban J connectivity index is 2.06. The Kier molecular flexibility index (Phi) is 6.08. The third kappa shape index (κ3) is 4.11. The van der Waals surface area contributed by atoms with Gasteiger partial charge in [-0.3, -0.25) is 9.36 Å². The molecule has 1 aromatic heterocycles. The van der Waals surface area contributed by atoms with Crippen molar-refractivity contribution in [3.63, 3.8) is 0 Å². The molecule has 3 rings (SSSR count). The molecule has 0 saturated carbocycles. The summed E-state index contributed by atoms with van der Waals surface area (Å²) in [6.45, 7) is 3.19. The summed E-state index contributed by atoms with van der Waals surface area (Å²) in [4.78, 5) is 17.5. The normalized spacial score (nSPS) is 10.9. The molecule has 142 valence electrons. The zero-order valence-corrected chi connectivity index (χ0v) is 15.9. The van der Waals surface area contributed by atoms with Gasteiger partial charge in [0.1, 0.15) is 17.8 Å². The number of rotatable bonds is 8. The number of aromatic nitrogens is 2. The molecule has 6 nitrogen and oxygen atoms in total. The van der Waals surface area contributed by atoms with Crippen molar-refractivity contribution in [2.75, 3.05) is 20.8 Å². The highest BCUT2D eigenvalue weighted by Crippen LogP contribution is 2.22. The molecule has 0 bridgehead atoms. The van der Waals surface area contributed by atoms with Crippen LogP contribution in [0, 0.1) is 0 Å². The molecule has 0 aliphatic heterocycles. The van der Waals surface area contributed by atoms with Crippen LogP contribution in [0.25, 0.3) is 16.6 Å². The Morgan fingerprint density at radius 3 is 2.52 bits per heavy atom. The summed E-state index contributed by atoms with van der Waals surface area (Å²) in [7, 11) is 3.19. The Hall–Kier alpha value is -2.86. The van der Waals surface area contributed by atoms with E-state index in [2.05, 4.69) is 11.9 Å². The van der Waals surface area contributed by atoms with Gasteiger partial charge in [-0.2, -0.15) is 0 Å². The van der Waals surface area contributed by atoms with Crippen molar-refractivity contribution in [1.82, 2.24) is 9.55 Å². The number of ether oxygens (including phenoxy) is 3. The number of hydrogen-bond donors (Lipinski definition) is 0. The van der Waals surface area contributed by atoms with Crippen LogP contribution in [0.2, 0.25) is 0 Å². The zero-order valence-electron chi connectivity index (χ0n) is 15.9. The standard InChI is InChI=1S/C21H24N2O4/c1-4-5-10-27-13-15-11-16(25-2)7-9-20(15)23-14-22-19-8-6-17(26-3)12-18(19)21(23)24/h6-9,11-12,14H,4-5,10,13H2,1-3H3. The molecule has 0 radical (unpaired) electrons. The second-order valence-corrected chi connectivity index (χ2v) is 6.20. The van der Waals surface area contributed by atoms with Crippen molar-refractivity contribution in [1.29, 1.82) is 0 Å². The van der Waals surface area contributed by atoms with E-state index in [-0.39, 0.29) is 5.56 Å². The Morgan fingerprint density at radius 1 is 1.04 bits per heavy atom. The minimum Gasteiger partial charge on any atom is -0.497 e. The number of hydrogen-bond acceptors (Lipinski definition) is 5. The number of methoxy groups -OCH3 is 2. The van der Waals surface area contributed by atoms with E-state index < -0.39 is 0 Å². The van der Waals surface area contributed by atoms with E-state index in [1.54, 1.807) is 43.3 Å². The molecular formula is C21H24N2O4. The van der Waals surface area contributed by atoms with Crippen LogP contribution in [-0.4, -0.2) is 30.4 Å². The predicted molar refractivity (Wildman–Crippen MR) is 105 cm³/mol. The van der Waals surface area contributed by atoms with E-state index >= 15 is 0 Å². The smallest absolute Gasteiger partial charge is 0.265 e. The summed E-state index contributed by atoms with van der Waals surface area (Å²) < 4.78 is 17.9. The lowest BCUT2D eigenvalue weighted by Crippen LogP contribution is -2.20. The van der Waals surface area contributed by atoms with E-state index in [0.717, 1.165) is 29.8 Å². The number of fused-ring (bicyclic) bond motifs is 1. The Bertz CT molecular complexity index is 982. The first-order chi connectivity index (χ1) is 13.2. The second-order valence-electron chi connectivity index (χ2n) is 6.20. The first-order valence-electron chi connectivity index (χ1n) is 8.98. The summed E-state index contributed by atoms with van der Waals surface area (Å²) >= 11 is 0. The topological polar surface area (TPSA) is 62.6 Å². The largest absolute Gasteiger partial charge is 0.497 e. The molecule has 6 heteroatoms. The Morgan fingerprint density at radius 2 is 1.78 bits per heavy atom. The highest BCUT2D eigenvalue weighted by Gasteiger charge is 2.12. The van der Waals surface area contributed by atoms with Gasteiger partial charge in [0.2, 0.25) is 0 Å². The fourth-order valence-corrected chi connectivity index (χ4v) is 2.87. The van der Waals surface area contributed by atoms with Crippen LogP contribution in [0.4, 0.5) is 0 Å². The molecular weight excluding hydrogens is 344 g/mol. The van der Waals surface area contributed by atoms with Crippen LogP contribution in [-0.2, 0) is 11.3 Å². The molecule has 1 heterocycles. The highest BCUT2D eigenvalue weighted by molar-refractivity contribution is 5.79. The van der Waals surface area contributed by atoms with Crippen molar-refractivity contribution < 1.29 is 14.2 Å². The Labute approximate surface area is 158 Å². The summed E-state index contributed by atoms with van der Waals surface area (Å²) in [6, 6.07) is 10.9. The van der Waals surface area contributed by atoms with Gasteiger partial charge in [-0.1, -0.05) is 13.3 Å². The van der Waals surface area contributed by atoms with Gasteiger partial charge in [0, 0.05) is 12.2 Å². The second kappa shape index (κ2) is 8.68. The van der Waals surface area contributed by atoms with Crippen LogP contribution in [0.3, 0.4) is 0 Å². The summed E-state index contributed by atoms with van der Waals surface area (Å²) in [5.41, 5.74) is 2.08. The molecule has 0 unspecified atom stereocenters. The highest BCUT2D eigenvalue weighted by atomic mass is 16.5. The van der Waals surface area contributed by atoms with Gasteiger partial charge in [0.05, 0.1) is 37.4 Å². The fraction of sp³-hybridized carbons (Fsp3) is 0.333. The molecule has 0 amide bonds. The van der Waals surface area contributed by atoms with Crippen molar-refractivity contribution in [2.24, 2.45) is 0 Å². The molecule has 0 saturated heterocycles. The van der Waals surface area contributed by atoms with Gasteiger partial charge >= 0.3 is 0 Å². The predicted octanol–water partition coefficient (Wildman–Crippen LogP) is 3.72. The van der Waals surface area contributed by atoms with Crippen LogP contribution in [0.15, 0.2) is 47.5 Å². The van der Waals surface area contributed by atoms with Gasteiger partial charge in [-0.05, 0) is 42.8 Å². The van der Waals surface area contributed by atoms with Crippen LogP contribution in [0.1, 0.15) is 25.3 Å². The van der Waals surface area contributed by atoms with Gasteiger partial charge in [-0.25, -0.2) is 4.98 Å². The summed E-state index contributed by atoms with van der Waals surface area (Å²) in [5.74, 6) is 1.34. The van der Waals surface area contributed by atoms with Crippen LogP contribution < -0.4 is 15.0 Å². The van der Waals surface area contributed by atoms with Crippen molar-refractivity contribution in [3.05, 3.63) is 58.6 Å². The van der Waals surface area contributed by atoms with Crippen LogP contribution in [0.5, 0.6) is 11.5 Å². The third-order valence-corrected chi connectivity index (χ3v) is 4.41. The van der Waals surface area contributed by atoms with Crippen LogP contribution >= 0.6 is 0 Å². The van der Waals surface area contributed by atoms with Gasteiger partial charge in [0.15, 0.2) is 0 Å². The molecule has 0 atom stereocenters. The molecule has 3 aromatic rings. The minimum absolute atomic E-state index is 0.154. The minimum atomic E-state index is -0.154. The van der Waals surface area contributed by atoms with E-state index in [9.17, 15) is 4.79 Å². The lowest BCUT2D eigenvalue weighted by molar-refractivity contribution is 0.118. The van der Waals surface area contributed by atoms with Crippen molar-refractivity contribution >= 4 is 10.9 Å². The van der Waals surface area contributed by atoms with Crippen molar-refractivity contribution in [2.45, 2.75) is 26.4 Å². The maximum absolute atomic E-state index is 13.1. The maximum Gasteiger partial charge on any atom is 0.265 e. The first kappa shape index (κ1) is 18.9. The van der Waals surface area contributed by atoms with Gasteiger partial charge in [0.25, 0.3) is 5.56 Å². The van der Waals surface area contributed by atoms with E-state index in [1.165, 1.54) is 0 Å². The molecule has 27 heavy (non-hydrogen) atoms. The molecule has 2 aromatic carbocycles. The zero-order chi connectivity index (χ0) is 19.2. The molecule has 0 fully saturated rings. The van der Waals surface area contributed by atoms with Gasteiger partial charge in [-0.15, -0.1) is 0 Å². The number of unbranched alkanes of at least 4 members (excludes halogenated alkanes) is 1. The summed E-state index contributed by atoms with van der Waals surface area (Å²) in [6.07, 6.45) is 3.62. The first-order valence-corrected chi connectivity index (χ1v) is 8.98. The average molecular weight is 368 g/mol.